The predicted molar refractivity (Wildman–Crippen MR) is 108 cm³/mol. The zero-order chi connectivity index (χ0) is 20.3. The van der Waals surface area contributed by atoms with Crippen LogP contribution in [0.2, 0.25) is 10.0 Å². The van der Waals surface area contributed by atoms with E-state index in [0.717, 1.165) is 0 Å². The molecule has 9 heteroatoms. The molecule has 0 radical (unpaired) electrons. The molecular weight excluding hydrogens is 405 g/mol. The van der Waals surface area contributed by atoms with Crippen molar-refractivity contribution >= 4 is 45.7 Å². The Kier molecular flexibility index (Phi) is 6.18. The fourth-order valence-corrected chi connectivity index (χ4v) is 3.18. The third-order valence-corrected chi connectivity index (χ3v) is 4.38. The number of benzene rings is 2. The summed E-state index contributed by atoms with van der Waals surface area (Å²) in [5, 5.41) is 13.8. The molecule has 146 valence electrons. The van der Waals surface area contributed by atoms with Crippen LogP contribution in [0.1, 0.15) is 6.92 Å². The van der Waals surface area contributed by atoms with Gasteiger partial charge in [-0.2, -0.15) is 0 Å². The van der Waals surface area contributed by atoms with Crippen LogP contribution >= 0.6 is 23.2 Å². The Morgan fingerprint density at radius 2 is 2.00 bits per heavy atom. The number of fused-ring (bicyclic) bond motifs is 1. The van der Waals surface area contributed by atoms with Gasteiger partial charge in [0, 0.05) is 17.6 Å². The molecule has 2 N–H and O–H groups in total. The Bertz CT molecular complexity index is 1070. The minimum Gasteiger partial charge on any atom is -0.491 e. The van der Waals surface area contributed by atoms with E-state index in [1.807, 2.05) is 0 Å². The fraction of sp³-hybridized carbons (Fsp3) is 0.211. The van der Waals surface area contributed by atoms with Crippen molar-refractivity contribution in [1.82, 2.24) is 9.55 Å². The van der Waals surface area contributed by atoms with Crippen LogP contribution in [0.25, 0.3) is 10.9 Å². The van der Waals surface area contributed by atoms with Crippen molar-refractivity contribution in [2.45, 2.75) is 19.6 Å². The van der Waals surface area contributed by atoms with Gasteiger partial charge in [0.2, 0.25) is 5.91 Å². The fourth-order valence-electron chi connectivity index (χ4n) is 2.63. The van der Waals surface area contributed by atoms with Crippen LogP contribution in [-0.4, -0.2) is 33.3 Å². The van der Waals surface area contributed by atoms with Crippen molar-refractivity contribution in [2.24, 2.45) is 0 Å². The first kappa shape index (κ1) is 20.1. The van der Waals surface area contributed by atoms with E-state index < -0.39 is 6.10 Å². The van der Waals surface area contributed by atoms with Gasteiger partial charge in [0.25, 0.3) is 5.56 Å². The lowest BCUT2D eigenvalue weighted by Gasteiger charge is -2.14. The number of aliphatic hydroxyl groups is 1. The summed E-state index contributed by atoms with van der Waals surface area (Å²) >= 11 is 12.0. The smallest absolute Gasteiger partial charge is 0.261 e. The van der Waals surface area contributed by atoms with Gasteiger partial charge in [-0.25, -0.2) is 4.98 Å². The van der Waals surface area contributed by atoms with Crippen molar-refractivity contribution in [3.05, 3.63) is 63.1 Å². The molecule has 0 fully saturated rings. The van der Waals surface area contributed by atoms with E-state index in [1.165, 1.54) is 30.0 Å². The molecule has 0 unspecified atom stereocenters. The van der Waals surface area contributed by atoms with Gasteiger partial charge in [0.15, 0.2) is 0 Å². The standard InChI is InChI=1S/C19H17Cl2N3O4/c1-11(25)23-13-2-4-15(5-3-13)28-9-14(26)8-24-10-22-18-16(19(24)27)6-12(20)7-17(18)21/h2-7,10,14,26H,8-9H2,1H3,(H,23,25)/t14-/m0/s1. The number of ether oxygens (including phenoxy) is 1. The van der Waals surface area contributed by atoms with Gasteiger partial charge in [0.1, 0.15) is 18.5 Å². The van der Waals surface area contributed by atoms with Crippen LogP contribution in [-0.2, 0) is 11.3 Å². The van der Waals surface area contributed by atoms with Crippen molar-refractivity contribution < 1.29 is 14.6 Å². The Morgan fingerprint density at radius 3 is 2.68 bits per heavy atom. The lowest BCUT2D eigenvalue weighted by atomic mass is 10.2. The molecule has 0 aliphatic heterocycles. The maximum atomic E-state index is 12.6. The number of carbonyl (C=O) groups is 1. The highest BCUT2D eigenvalue weighted by molar-refractivity contribution is 6.38. The second-order valence-corrected chi connectivity index (χ2v) is 7.00. The minimum atomic E-state index is -0.943. The van der Waals surface area contributed by atoms with E-state index in [0.29, 0.717) is 27.0 Å². The Morgan fingerprint density at radius 1 is 1.29 bits per heavy atom. The van der Waals surface area contributed by atoms with Gasteiger partial charge in [-0.1, -0.05) is 23.2 Å². The van der Waals surface area contributed by atoms with E-state index in [-0.39, 0.29) is 30.0 Å². The SMILES string of the molecule is CC(=O)Nc1ccc(OC[C@@H](O)Cn2cnc3c(Cl)cc(Cl)cc3c2=O)cc1. The van der Waals surface area contributed by atoms with Crippen molar-refractivity contribution in [3.63, 3.8) is 0 Å². The van der Waals surface area contributed by atoms with Crippen LogP contribution in [0.3, 0.4) is 0 Å². The summed E-state index contributed by atoms with van der Waals surface area (Å²) in [6.07, 6.45) is 0.386. The first-order chi connectivity index (χ1) is 13.3. The normalized spacial score (nSPS) is 12.0. The number of nitrogens with one attached hydrogen (secondary N) is 1. The molecule has 2 aromatic carbocycles. The number of nitrogens with zero attached hydrogens (tertiary/aromatic N) is 2. The van der Waals surface area contributed by atoms with E-state index in [2.05, 4.69) is 10.3 Å². The Balaban J connectivity index is 1.66. The van der Waals surface area contributed by atoms with Gasteiger partial charge in [0.05, 0.1) is 28.8 Å². The Hall–Kier alpha value is -2.61. The second-order valence-electron chi connectivity index (χ2n) is 6.16. The van der Waals surface area contributed by atoms with Crippen molar-refractivity contribution in [1.29, 1.82) is 0 Å². The lowest BCUT2D eigenvalue weighted by Crippen LogP contribution is -2.30. The van der Waals surface area contributed by atoms with Crippen molar-refractivity contribution in [3.8, 4) is 5.75 Å². The lowest BCUT2D eigenvalue weighted by molar-refractivity contribution is -0.114. The quantitative estimate of drug-likeness (QED) is 0.637. The van der Waals surface area contributed by atoms with Crippen LogP contribution < -0.4 is 15.6 Å². The van der Waals surface area contributed by atoms with Gasteiger partial charge in [-0.3, -0.25) is 14.2 Å². The van der Waals surface area contributed by atoms with Crippen LogP contribution in [0.4, 0.5) is 5.69 Å². The molecule has 1 atom stereocenters. The summed E-state index contributed by atoms with van der Waals surface area (Å²) in [6.45, 7) is 1.39. The van der Waals surface area contributed by atoms with Gasteiger partial charge >= 0.3 is 0 Å². The maximum Gasteiger partial charge on any atom is 0.261 e. The number of rotatable bonds is 6. The average molecular weight is 422 g/mol. The molecule has 28 heavy (non-hydrogen) atoms. The zero-order valence-electron chi connectivity index (χ0n) is 14.9. The van der Waals surface area contributed by atoms with E-state index in [1.54, 1.807) is 24.3 Å². The highest BCUT2D eigenvalue weighted by Crippen LogP contribution is 2.24. The van der Waals surface area contributed by atoms with Gasteiger partial charge in [-0.15, -0.1) is 0 Å². The molecule has 0 aliphatic carbocycles. The number of hydrogen-bond acceptors (Lipinski definition) is 5. The first-order valence-corrected chi connectivity index (χ1v) is 9.12. The molecule has 0 saturated heterocycles. The second kappa shape index (κ2) is 8.60. The molecule has 1 heterocycles. The molecular formula is C19H17Cl2N3O4. The monoisotopic (exact) mass is 421 g/mol. The molecule has 1 amide bonds. The van der Waals surface area contributed by atoms with Gasteiger partial charge < -0.3 is 15.2 Å². The third kappa shape index (κ3) is 4.81. The summed E-state index contributed by atoms with van der Waals surface area (Å²) in [7, 11) is 0. The highest BCUT2D eigenvalue weighted by Gasteiger charge is 2.12. The number of aromatic nitrogens is 2. The van der Waals surface area contributed by atoms with Gasteiger partial charge in [-0.05, 0) is 36.4 Å². The topological polar surface area (TPSA) is 93.4 Å². The molecule has 0 spiro atoms. The largest absolute Gasteiger partial charge is 0.491 e. The molecule has 7 nitrogen and oxygen atoms in total. The van der Waals surface area contributed by atoms with Crippen LogP contribution in [0, 0.1) is 0 Å². The number of hydrogen-bond donors (Lipinski definition) is 2. The van der Waals surface area contributed by atoms with E-state index in [9.17, 15) is 14.7 Å². The molecule has 0 saturated carbocycles. The summed E-state index contributed by atoms with van der Waals surface area (Å²) in [6, 6.07) is 9.73. The number of halogens is 2. The third-order valence-electron chi connectivity index (χ3n) is 3.87. The van der Waals surface area contributed by atoms with Crippen molar-refractivity contribution in [2.75, 3.05) is 11.9 Å². The summed E-state index contributed by atoms with van der Waals surface area (Å²) in [5.74, 6) is 0.358. The average Bonchev–Trinajstić information content (AvgIpc) is 2.63. The molecule has 3 aromatic rings. The first-order valence-electron chi connectivity index (χ1n) is 8.36. The van der Waals surface area contributed by atoms with E-state index in [4.69, 9.17) is 27.9 Å². The number of anilines is 1. The van der Waals surface area contributed by atoms with E-state index >= 15 is 0 Å². The zero-order valence-corrected chi connectivity index (χ0v) is 16.4. The molecule has 3 rings (SSSR count). The molecule has 0 bridgehead atoms. The molecule has 1 aromatic heterocycles. The number of aliphatic hydroxyl groups excluding tert-OH is 1. The minimum absolute atomic E-state index is 0.00409. The summed E-state index contributed by atoms with van der Waals surface area (Å²) in [4.78, 5) is 27.8. The summed E-state index contributed by atoms with van der Waals surface area (Å²) in [5.41, 5.74) is 0.650. The molecule has 0 aliphatic rings. The number of amides is 1. The number of carbonyl (C=O) groups excluding carboxylic acids is 1. The summed E-state index contributed by atoms with van der Waals surface area (Å²) < 4.78 is 6.81. The predicted octanol–water partition coefficient (Wildman–Crippen LogP) is 3.10. The van der Waals surface area contributed by atoms with Crippen LogP contribution in [0.15, 0.2) is 47.5 Å². The highest BCUT2D eigenvalue weighted by atomic mass is 35.5. The Labute approximate surface area is 170 Å². The maximum absolute atomic E-state index is 12.6. The van der Waals surface area contributed by atoms with Crippen LogP contribution in [0.5, 0.6) is 5.75 Å².